The average molecular weight is 363 g/mol. The van der Waals surface area contributed by atoms with Gasteiger partial charge < -0.3 is 9.15 Å². The largest absolute Gasteiger partial charge is 0.497 e. The zero-order chi connectivity index (χ0) is 18.6. The molecule has 1 heterocycles. The molecular weight excluding hydrogens is 338 g/mol. The Hall–Kier alpha value is -2.66. The summed E-state index contributed by atoms with van der Waals surface area (Å²) in [5.41, 5.74) is 2.21. The van der Waals surface area contributed by atoms with Crippen LogP contribution < -0.4 is 4.74 Å². The third-order valence-corrected chi connectivity index (χ3v) is 5.25. The molecule has 1 unspecified atom stereocenters. The molecule has 0 spiro atoms. The summed E-state index contributed by atoms with van der Waals surface area (Å²) in [5, 5.41) is 8.53. The predicted molar refractivity (Wildman–Crippen MR) is 104 cm³/mol. The summed E-state index contributed by atoms with van der Waals surface area (Å²) in [6.45, 7) is 3.86. The van der Waals surface area contributed by atoms with Crippen LogP contribution in [0.25, 0.3) is 11.5 Å². The Bertz CT molecular complexity index is 857. The molecule has 4 rings (SSSR count). The second-order valence-corrected chi connectivity index (χ2v) is 7.20. The lowest BCUT2D eigenvalue weighted by atomic mass is 10.1. The summed E-state index contributed by atoms with van der Waals surface area (Å²) in [5.74, 6) is 2.79. The van der Waals surface area contributed by atoms with Crippen molar-refractivity contribution in [3.05, 3.63) is 66.1 Å². The highest BCUT2D eigenvalue weighted by molar-refractivity contribution is 5.53. The predicted octanol–water partition coefficient (Wildman–Crippen LogP) is 4.55. The highest BCUT2D eigenvalue weighted by Crippen LogP contribution is 2.36. The van der Waals surface area contributed by atoms with Crippen LogP contribution in [0, 0.1) is 5.92 Å². The fourth-order valence-electron chi connectivity index (χ4n) is 3.38. The molecule has 5 heteroatoms. The maximum Gasteiger partial charge on any atom is 0.247 e. The van der Waals surface area contributed by atoms with E-state index in [2.05, 4.69) is 52.4 Å². The van der Waals surface area contributed by atoms with Gasteiger partial charge in [-0.1, -0.05) is 30.3 Å². The van der Waals surface area contributed by atoms with Gasteiger partial charge in [-0.15, -0.1) is 10.2 Å². The van der Waals surface area contributed by atoms with E-state index in [9.17, 15) is 0 Å². The molecule has 1 fully saturated rings. The van der Waals surface area contributed by atoms with Gasteiger partial charge in [0, 0.05) is 18.2 Å². The topological polar surface area (TPSA) is 51.4 Å². The molecule has 2 aromatic carbocycles. The summed E-state index contributed by atoms with van der Waals surface area (Å²) in [6, 6.07) is 18.7. The van der Waals surface area contributed by atoms with Gasteiger partial charge in [0.1, 0.15) is 5.75 Å². The van der Waals surface area contributed by atoms with E-state index in [0.717, 1.165) is 23.8 Å². The van der Waals surface area contributed by atoms with Crippen LogP contribution in [0.15, 0.2) is 59.0 Å². The highest BCUT2D eigenvalue weighted by atomic mass is 16.5. The van der Waals surface area contributed by atoms with Crippen molar-refractivity contribution in [3.8, 4) is 17.2 Å². The van der Waals surface area contributed by atoms with E-state index < -0.39 is 0 Å². The first-order valence-electron chi connectivity index (χ1n) is 9.47. The minimum absolute atomic E-state index is 0.501. The van der Waals surface area contributed by atoms with Gasteiger partial charge in [0.15, 0.2) is 0 Å². The van der Waals surface area contributed by atoms with Gasteiger partial charge in [-0.3, -0.25) is 4.90 Å². The molecule has 1 aliphatic carbocycles. The zero-order valence-corrected chi connectivity index (χ0v) is 15.8. The molecule has 5 nitrogen and oxygen atoms in total. The van der Waals surface area contributed by atoms with Gasteiger partial charge in [-0.25, -0.2) is 0 Å². The van der Waals surface area contributed by atoms with Crippen LogP contribution in [0.2, 0.25) is 0 Å². The third kappa shape index (κ3) is 4.37. The minimum Gasteiger partial charge on any atom is -0.497 e. The van der Waals surface area contributed by atoms with Gasteiger partial charge in [0.05, 0.1) is 13.7 Å². The van der Waals surface area contributed by atoms with Crippen LogP contribution in [0.5, 0.6) is 5.75 Å². The fraction of sp³-hybridized carbons (Fsp3) is 0.364. The number of methoxy groups -OCH3 is 1. The normalized spacial score (nSPS) is 15.1. The second kappa shape index (κ2) is 7.92. The van der Waals surface area contributed by atoms with Crippen molar-refractivity contribution >= 4 is 0 Å². The first-order valence-corrected chi connectivity index (χ1v) is 9.47. The van der Waals surface area contributed by atoms with Gasteiger partial charge in [0.25, 0.3) is 0 Å². The monoisotopic (exact) mass is 363 g/mol. The maximum absolute atomic E-state index is 5.96. The number of aromatic nitrogens is 2. The van der Waals surface area contributed by atoms with E-state index in [1.54, 1.807) is 7.11 Å². The fourth-order valence-corrected chi connectivity index (χ4v) is 3.38. The lowest BCUT2D eigenvalue weighted by Gasteiger charge is -2.28. The minimum atomic E-state index is 0.501. The van der Waals surface area contributed by atoms with Gasteiger partial charge in [0.2, 0.25) is 11.8 Å². The van der Waals surface area contributed by atoms with Crippen molar-refractivity contribution in [1.82, 2.24) is 15.1 Å². The number of nitrogens with zero attached hydrogens (tertiary/aromatic N) is 3. The standard InChI is InChI=1S/C22H25N3O2/c1-16(18-8-9-18)25(14-17-6-4-3-5-7-17)15-21-23-24-22(27-21)19-10-12-20(26-2)13-11-19/h3-7,10-13,16,18H,8-9,14-15H2,1-2H3. The summed E-state index contributed by atoms with van der Waals surface area (Å²) in [7, 11) is 1.65. The Labute approximate surface area is 160 Å². The molecule has 1 aromatic heterocycles. The smallest absolute Gasteiger partial charge is 0.247 e. The maximum atomic E-state index is 5.96. The molecule has 0 aliphatic heterocycles. The molecule has 0 bridgehead atoms. The molecule has 1 saturated carbocycles. The van der Waals surface area contributed by atoms with E-state index >= 15 is 0 Å². The SMILES string of the molecule is COc1ccc(-c2nnc(CN(Cc3ccccc3)C(C)C3CC3)o2)cc1. The number of benzene rings is 2. The van der Waals surface area contributed by atoms with Gasteiger partial charge in [-0.05, 0) is 55.5 Å². The molecule has 0 amide bonds. The van der Waals surface area contributed by atoms with Crippen molar-refractivity contribution in [2.45, 2.75) is 38.9 Å². The Morgan fingerprint density at radius 2 is 1.78 bits per heavy atom. The quantitative estimate of drug-likeness (QED) is 0.588. The first-order chi connectivity index (χ1) is 13.2. The molecule has 0 N–H and O–H groups in total. The van der Waals surface area contributed by atoms with Crippen molar-refractivity contribution in [3.63, 3.8) is 0 Å². The van der Waals surface area contributed by atoms with E-state index in [1.165, 1.54) is 18.4 Å². The summed E-state index contributed by atoms with van der Waals surface area (Å²) < 4.78 is 11.2. The summed E-state index contributed by atoms with van der Waals surface area (Å²) in [4.78, 5) is 2.44. The third-order valence-electron chi connectivity index (χ3n) is 5.25. The van der Waals surface area contributed by atoms with Crippen LogP contribution in [-0.2, 0) is 13.1 Å². The zero-order valence-electron chi connectivity index (χ0n) is 15.8. The Morgan fingerprint density at radius 3 is 2.44 bits per heavy atom. The summed E-state index contributed by atoms with van der Waals surface area (Å²) >= 11 is 0. The number of hydrogen-bond acceptors (Lipinski definition) is 5. The molecule has 0 saturated heterocycles. The Balaban J connectivity index is 1.49. The molecule has 0 radical (unpaired) electrons. The van der Waals surface area contributed by atoms with Crippen LogP contribution in [0.1, 0.15) is 31.2 Å². The van der Waals surface area contributed by atoms with Crippen molar-refractivity contribution in [2.75, 3.05) is 7.11 Å². The van der Waals surface area contributed by atoms with Crippen LogP contribution in [0.4, 0.5) is 0 Å². The molecule has 1 atom stereocenters. The van der Waals surface area contributed by atoms with E-state index in [-0.39, 0.29) is 0 Å². The Kier molecular flexibility index (Phi) is 5.21. The molecular formula is C22H25N3O2. The Morgan fingerprint density at radius 1 is 1.04 bits per heavy atom. The van der Waals surface area contributed by atoms with Crippen LogP contribution in [0.3, 0.4) is 0 Å². The van der Waals surface area contributed by atoms with Gasteiger partial charge in [-0.2, -0.15) is 0 Å². The second-order valence-electron chi connectivity index (χ2n) is 7.20. The first kappa shape index (κ1) is 17.7. The average Bonchev–Trinajstić information content (AvgIpc) is 3.46. The van der Waals surface area contributed by atoms with Crippen LogP contribution in [-0.4, -0.2) is 28.2 Å². The van der Waals surface area contributed by atoms with E-state index in [4.69, 9.17) is 9.15 Å². The lowest BCUT2D eigenvalue weighted by molar-refractivity contribution is 0.156. The number of hydrogen-bond donors (Lipinski definition) is 0. The molecule has 27 heavy (non-hydrogen) atoms. The van der Waals surface area contributed by atoms with E-state index in [1.807, 2.05) is 24.3 Å². The van der Waals surface area contributed by atoms with Crippen molar-refractivity contribution < 1.29 is 9.15 Å². The van der Waals surface area contributed by atoms with Crippen molar-refractivity contribution in [1.29, 1.82) is 0 Å². The molecule has 3 aromatic rings. The highest BCUT2D eigenvalue weighted by Gasteiger charge is 2.32. The molecule has 140 valence electrons. The van der Waals surface area contributed by atoms with Crippen LogP contribution >= 0.6 is 0 Å². The number of ether oxygens (including phenoxy) is 1. The number of rotatable bonds is 8. The van der Waals surface area contributed by atoms with E-state index in [0.29, 0.717) is 24.4 Å². The lowest BCUT2D eigenvalue weighted by Crippen LogP contribution is -2.33. The summed E-state index contributed by atoms with van der Waals surface area (Å²) in [6.07, 6.45) is 2.63. The molecule has 1 aliphatic rings. The van der Waals surface area contributed by atoms with Crippen molar-refractivity contribution in [2.24, 2.45) is 5.92 Å². The van der Waals surface area contributed by atoms with Gasteiger partial charge >= 0.3 is 0 Å².